The Bertz CT molecular complexity index is 297. The van der Waals surface area contributed by atoms with Crippen molar-refractivity contribution in [2.24, 2.45) is 10.9 Å². The van der Waals surface area contributed by atoms with E-state index >= 15 is 0 Å². The van der Waals surface area contributed by atoms with Crippen LogP contribution in [0.1, 0.15) is 40.0 Å². The molecule has 0 aromatic heterocycles. The predicted molar refractivity (Wildman–Crippen MR) is 94.4 cm³/mol. The van der Waals surface area contributed by atoms with Crippen LogP contribution in [0.5, 0.6) is 0 Å². The molecular weight excluding hydrogens is 282 g/mol. The first-order valence-corrected chi connectivity index (χ1v) is 9.37. The highest BCUT2D eigenvalue weighted by Gasteiger charge is 2.24. The Morgan fingerprint density at radius 2 is 2.19 bits per heavy atom. The highest BCUT2D eigenvalue weighted by molar-refractivity contribution is 8.00. The van der Waals surface area contributed by atoms with Crippen LogP contribution in [0.4, 0.5) is 0 Å². The van der Waals surface area contributed by atoms with E-state index in [0.717, 1.165) is 62.8 Å². The zero-order valence-electron chi connectivity index (χ0n) is 14.2. The maximum atomic E-state index is 5.08. The molecule has 0 radical (unpaired) electrons. The molecule has 0 aliphatic carbocycles. The first kappa shape index (κ1) is 18.6. The number of guanidine groups is 1. The standard InChI is InChI=1S/C16H33N3OS/c1-5-17-16(18-9-7-6-8-11-20-4)19-10-12-21-15(13-19)14(2)3/h14-15H,5-13H2,1-4H3,(H,17,18). The Morgan fingerprint density at radius 1 is 1.38 bits per heavy atom. The third kappa shape index (κ3) is 7.41. The fraction of sp³-hybridized carbons (Fsp3) is 0.938. The van der Waals surface area contributed by atoms with Crippen molar-refractivity contribution in [1.29, 1.82) is 0 Å². The van der Waals surface area contributed by atoms with Gasteiger partial charge < -0.3 is 15.0 Å². The van der Waals surface area contributed by atoms with E-state index in [1.54, 1.807) is 7.11 Å². The average Bonchev–Trinajstić information content (AvgIpc) is 2.49. The molecule has 1 N–H and O–H groups in total. The van der Waals surface area contributed by atoms with Crippen molar-refractivity contribution in [2.45, 2.75) is 45.3 Å². The fourth-order valence-electron chi connectivity index (χ4n) is 2.42. The molecule has 1 rings (SSSR count). The number of nitrogens with one attached hydrogen (secondary N) is 1. The second-order valence-corrected chi connectivity index (χ2v) is 7.24. The lowest BCUT2D eigenvalue weighted by Gasteiger charge is -2.36. The fourth-order valence-corrected chi connectivity index (χ4v) is 3.72. The second kappa shape index (κ2) is 11.2. The van der Waals surface area contributed by atoms with E-state index in [4.69, 9.17) is 9.73 Å². The second-order valence-electron chi connectivity index (χ2n) is 5.89. The SMILES string of the molecule is CCNC(=NCCCCCOC)N1CCSC(C(C)C)C1. The van der Waals surface area contributed by atoms with Crippen LogP contribution in [0.3, 0.4) is 0 Å². The van der Waals surface area contributed by atoms with Gasteiger partial charge in [-0.1, -0.05) is 13.8 Å². The summed E-state index contributed by atoms with van der Waals surface area (Å²) in [4.78, 5) is 7.25. The number of aliphatic imine (C=N–C) groups is 1. The van der Waals surface area contributed by atoms with Gasteiger partial charge in [-0.25, -0.2) is 0 Å². The largest absolute Gasteiger partial charge is 0.385 e. The molecule has 1 aliphatic rings. The number of hydrogen-bond acceptors (Lipinski definition) is 3. The molecule has 0 saturated carbocycles. The molecule has 1 aliphatic heterocycles. The summed E-state index contributed by atoms with van der Waals surface area (Å²) in [6, 6.07) is 0. The van der Waals surface area contributed by atoms with Crippen LogP contribution < -0.4 is 5.32 Å². The minimum absolute atomic E-state index is 0.726. The third-order valence-corrected chi connectivity index (χ3v) is 5.28. The van der Waals surface area contributed by atoms with E-state index in [9.17, 15) is 0 Å². The van der Waals surface area contributed by atoms with Gasteiger partial charge in [0.05, 0.1) is 0 Å². The Kier molecular flexibility index (Phi) is 9.92. The molecule has 5 heteroatoms. The monoisotopic (exact) mass is 315 g/mol. The zero-order chi connectivity index (χ0) is 15.5. The predicted octanol–water partition coefficient (Wildman–Crippen LogP) is 2.84. The van der Waals surface area contributed by atoms with E-state index in [0.29, 0.717) is 0 Å². The van der Waals surface area contributed by atoms with Gasteiger partial charge in [0.1, 0.15) is 0 Å². The van der Waals surface area contributed by atoms with Crippen molar-refractivity contribution in [1.82, 2.24) is 10.2 Å². The van der Waals surface area contributed by atoms with Crippen molar-refractivity contribution >= 4 is 17.7 Å². The number of thioether (sulfide) groups is 1. The average molecular weight is 316 g/mol. The van der Waals surface area contributed by atoms with Gasteiger partial charge in [-0.05, 0) is 32.1 Å². The molecule has 0 spiro atoms. The van der Waals surface area contributed by atoms with Crippen molar-refractivity contribution in [3.63, 3.8) is 0 Å². The number of unbranched alkanes of at least 4 members (excludes halogenated alkanes) is 2. The summed E-state index contributed by atoms with van der Waals surface area (Å²) < 4.78 is 5.08. The summed E-state index contributed by atoms with van der Waals surface area (Å²) in [6.07, 6.45) is 3.48. The number of ether oxygens (including phenoxy) is 1. The summed E-state index contributed by atoms with van der Waals surface area (Å²) >= 11 is 2.11. The van der Waals surface area contributed by atoms with Crippen LogP contribution in [-0.2, 0) is 4.74 Å². The summed E-state index contributed by atoms with van der Waals surface area (Å²) in [7, 11) is 1.76. The van der Waals surface area contributed by atoms with Crippen LogP contribution >= 0.6 is 11.8 Å². The zero-order valence-corrected chi connectivity index (χ0v) is 15.0. The Balaban J connectivity index is 2.43. The van der Waals surface area contributed by atoms with Crippen LogP contribution in [0.15, 0.2) is 4.99 Å². The molecule has 1 atom stereocenters. The van der Waals surface area contributed by atoms with Crippen molar-refractivity contribution in [2.75, 3.05) is 45.6 Å². The van der Waals surface area contributed by atoms with Crippen LogP contribution in [0, 0.1) is 5.92 Å². The molecule has 4 nitrogen and oxygen atoms in total. The minimum atomic E-state index is 0.726. The highest BCUT2D eigenvalue weighted by Crippen LogP contribution is 2.24. The third-order valence-electron chi connectivity index (χ3n) is 3.74. The van der Waals surface area contributed by atoms with Gasteiger partial charge in [-0.2, -0.15) is 11.8 Å². The van der Waals surface area contributed by atoms with E-state index in [1.165, 1.54) is 12.2 Å². The van der Waals surface area contributed by atoms with Gasteiger partial charge in [0.2, 0.25) is 0 Å². The molecular formula is C16H33N3OS. The molecule has 21 heavy (non-hydrogen) atoms. The Labute approximate surface area is 135 Å². The Morgan fingerprint density at radius 3 is 2.86 bits per heavy atom. The number of methoxy groups -OCH3 is 1. The van der Waals surface area contributed by atoms with Gasteiger partial charge in [-0.3, -0.25) is 4.99 Å². The highest BCUT2D eigenvalue weighted by atomic mass is 32.2. The summed E-state index contributed by atoms with van der Waals surface area (Å²) in [5, 5.41) is 4.18. The van der Waals surface area contributed by atoms with E-state index in [-0.39, 0.29) is 0 Å². The first-order chi connectivity index (χ1) is 10.2. The lowest BCUT2D eigenvalue weighted by Crippen LogP contribution is -2.49. The quantitative estimate of drug-likeness (QED) is 0.424. The van der Waals surface area contributed by atoms with Gasteiger partial charge in [-0.15, -0.1) is 0 Å². The molecule has 1 saturated heterocycles. The van der Waals surface area contributed by atoms with Crippen LogP contribution in [-0.4, -0.2) is 61.8 Å². The van der Waals surface area contributed by atoms with Crippen molar-refractivity contribution in [3.8, 4) is 0 Å². The van der Waals surface area contributed by atoms with Crippen molar-refractivity contribution in [3.05, 3.63) is 0 Å². The number of hydrogen-bond donors (Lipinski definition) is 1. The lowest BCUT2D eigenvalue weighted by atomic mass is 10.1. The van der Waals surface area contributed by atoms with E-state index < -0.39 is 0 Å². The molecule has 1 fully saturated rings. The summed E-state index contributed by atoms with van der Waals surface area (Å²) in [5.74, 6) is 3.05. The van der Waals surface area contributed by atoms with E-state index in [1.807, 2.05) is 0 Å². The molecule has 0 aromatic rings. The molecule has 0 aromatic carbocycles. The van der Waals surface area contributed by atoms with Gasteiger partial charge in [0.15, 0.2) is 5.96 Å². The molecule has 1 unspecified atom stereocenters. The normalized spacial score (nSPS) is 20.1. The van der Waals surface area contributed by atoms with Crippen molar-refractivity contribution < 1.29 is 4.74 Å². The summed E-state index contributed by atoms with van der Waals surface area (Å²) in [5.41, 5.74) is 0. The topological polar surface area (TPSA) is 36.9 Å². The van der Waals surface area contributed by atoms with Crippen LogP contribution in [0.2, 0.25) is 0 Å². The van der Waals surface area contributed by atoms with Gasteiger partial charge in [0, 0.05) is 50.9 Å². The molecule has 1 heterocycles. The number of rotatable bonds is 8. The molecule has 0 bridgehead atoms. The maximum absolute atomic E-state index is 5.08. The Hall–Kier alpha value is -0.420. The van der Waals surface area contributed by atoms with Gasteiger partial charge in [0.25, 0.3) is 0 Å². The smallest absolute Gasteiger partial charge is 0.193 e. The maximum Gasteiger partial charge on any atom is 0.193 e. The molecule has 0 amide bonds. The van der Waals surface area contributed by atoms with Crippen LogP contribution in [0.25, 0.3) is 0 Å². The number of nitrogens with zero attached hydrogens (tertiary/aromatic N) is 2. The van der Waals surface area contributed by atoms with E-state index in [2.05, 4.69) is 42.7 Å². The van der Waals surface area contributed by atoms with Gasteiger partial charge >= 0.3 is 0 Å². The lowest BCUT2D eigenvalue weighted by molar-refractivity contribution is 0.192. The molecule has 124 valence electrons. The summed E-state index contributed by atoms with van der Waals surface area (Å²) in [6.45, 7) is 11.7. The minimum Gasteiger partial charge on any atom is -0.385 e. The first-order valence-electron chi connectivity index (χ1n) is 8.32.